The van der Waals surface area contributed by atoms with Crippen molar-refractivity contribution in [3.63, 3.8) is 0 Å². The Balaban J connectivity index is 2.49. The van der Waals surface area contributed by atoms with E-state index >= 15 is 0 Å². The minimum atomic E-state index is 0.221. The minimum Gasteiger partial charge on any atom is -0.271 e. The largest absolute Gasteiger partial charge is 0.271 e. The Morgan fingerprint density at radius 1 is 1.44 bits per heavy atom. The predicted octanol–water partition coefficient (Wildman–Crippen LogP) is 3.34. The van der Waals surface area contributed by atoms with Gasteiger partial charge in [0.2, 0.25) is 0 Å². The Hall–Kier alpha value is -0.290. The molecule has 1 atom stereocenters. The van der Waals surface area contributed by atoms with E-state index < -0.39 is 0 Å². The molecule has 0 aromatic heterocycles. The normalized spacial score (nSPS) is 12.2. The van der Waals surface area contributed by atoms with Crippen molar-refractivity contribution in [2.75, 3.05) is 5.75 Å². The number of allylic oxidation sites excluding steroid dienone is 1. The molecule has 3 N–H and O–H groups in total. The number of hydrogen-bond donors (Lipinski definition) is 2. The average molecular weight is 301 g/mol. The average Bonchev–Trinajstić information content (AvgIpc) is 2.26. The summed E-state index contributed by atoms with van der Waals surface area (Å²) in [6.45, 7) is 4.16. The second kappa shape index (κ2) is 7.12. The maximum absolute atomic E-state index is 5.49. The van der Waals surface area contributed by atoms with E-state index in [1.165, 1.54) is 10.5 Å². The Morgan fingerprint density at radius 3 is 2.56 bits per heavy atom. The molecule has 4 heteroatoms. The van der Waals surface area contributed by atoms with Crippen molar-refractivity contribution in [3.8, 4) is 0 Å². The van der Waals surface area contributed by atoms with Gasteiger partial charge in [0.1, 0.15) is 0 Å². The highest BCUT2D eigenvalue weighted by Crippen LogP contribution is 2.21. The molecule has 0 heterocycles. The molecule has 0 spiro atoms. The third kappa shape index (κ3) is 5.16. The number of thioether (sulfide) groups is 1. The molecule has 0 radical (unpaired) electrons. The van der Waals surface area contributed by atoms with E-state index in [-0.39, 0.29) is 6.04 Å². The summed E-state index contributed by atoms with van der Waals surface area (Å²) in [5, 5.41) is 0. The SMILES string of the molecule is CC(C)=CC(CSc1ccc(Br)cc1)NN. The van der Waals surface area contributed by atoms with Crippen molar-refractivity contribution in [1.82, 2.24) is 5.43 Å². The third-order valence-corrected chi connectivity index (χ3v) is 3.65. The molecule has 1 unspecified atom stereocenters. The van der Waals surface area contributed by atoms with E-state index in [2.05, 4.69) is 53.4 Å². The summed E-state index contributed by atoms with van der Waals surface area (Å²) in [5.41, 5.74) is 4.09. The van der Waals surface area contributed by atoms with Crippen LogP contribution in [0, 0.1) is 0 Å². The van der Waals surface area contributed by atoms with Gasteiger partial charge in [0.25, 0.3) is 0 Å². The molecule has 16 heavy (non-hydrogen) atoms. The van der Waals surface area contributed by atoms with Crippen LogP contribution in [0.2, 0.25) is 0 Å². The quantitative estimate of drug-likeness (QED) is 0.379. The zero-order valence-corrected chi connectivity index (χ0v) is 11.9. The zero-order valence-electron chi connectivity index (χ0n) is 9.53. The molecule has 1 aromatic rings. The maximum atomic E-state index is 5.49. The van der Waals surface area contributed by atoms with Gasteiger partial charge in [-0.25, -0.2) is 0 Å². The molecule has 88 valence electrons. The van der Waals surface area contributed by atoms with Gasteiger partial charge in [-0.05, 0) is 38.1 Å². The zero-order chi connectivity index (χ0) is 12.0. The second-order valence-corrected chi connectivity index (χ2v) is 5.79. The Bertz CT molecular complexity index is 345. The van der Waals surface area contributed by atoms with Crippen molar-refractivity contribution in [2.24, 2.45) is 5.84 Å². The van der Waals surface area contributed by atoms with Crippen LogP contribution in [0.5, 0.6) is 0 Å². The molecule has 0 amide bonds. The topological polar surface area (TPSA) is 38.0 Å². The van der Waals surface area contributed by atoms with E-state index in [1.807, 2.05) is 12.1 Å². The Labute approximate surface area is 110 Å². The highest BCUT2D eigenvalue weighted by atomic mass is 79.9. The Morgan fingerprint density at radius 2 is 2.06 bits per heavy atom. The summed E-state index contributed by atoms with van der Waals surface area (Å²) < 4.78 is 1.11. The number of nitrogens with one attached hydrogen (secondary N) is 1. The molecular weight excluding hydrogens is 284 g/mol. The molecule has 0 aliphatic heterocycles. The molecule has 0 fully saturated rings. The van der Waals surface area contributed by atoms with Crippen LogP contribution < -0.4 is 11.3 Å². The van der Waals surface area contributed by atoms with Crippen LogP contribution in [0.3, 0.4) is 0 Å². The first-order chi connectivity index (χ1) is 7.61. The van der Waals surface area contributed by atoms with Gasteiger partial charge >= 0.3 is 0 Å². The number of hydrazine groups is 1. The molecule has 0 aliphatic rings. The van der Waals surface area contributed by atoms with Crippen LogP contribution in [-0.4, -0.2) is 11.8 Å². The fraction of sp³-hybridized carbons (Fsp3) is 0.333. The molecular formula is C12H17BrN2S. The summed E-state index contributed by atoms with van der Waals surface area (Å²) in [7, 11) is 0. The summed E-state index contributed by atoms with van der Waals surface area (Å²) >= 11 is 5.22. The monoisotopic (exact) mass is 300 g/mol. The van der Waals surface area contributed by atoms with Gasteiger partial charge in [-0.3, -0.25) is 11.3 Å². The van der Waals surface area contributed by atoms with Crippen LogP contribution in [0.4, 0.5) is 0 Å². The van der Waals surface area contributed by atoms with Crippen molar-refractivity contribution < 1.29 is 0 Å². The first-order valence-electron chi connectivity index (χ1n) is 5.11. The van der Waals surface area contributed by atoms with Gasteiger partial charge < -0.3 is 0 Å². The van der Waals surface area contributed by atoms with Crippen molar-refractivity contribution in [2.45, 2.75) is 24.8 Å². The first-order valence-corrected chi connectivity index (χ1v) is 6.89. The lowest BCUT2D eigenvalue weighted by Crippen LogP contribution is -2.35. The van der Waals surface area contributed by atoms with Crippen molar-refractivity contribution >= 4 is 27.7 Å². The molecule has 1 rings (SSSR count). The smallest absolute Gasteiger partial charge is 0.0486 e. The predicted molar refractivity (Wildman–Crippen MR) is 75.4 cm³/mol. The lowest BCUT2D eigenvalue weighted by Gasteiger charge is -2.11. The van der Waals surface area contributed by atoms with Crippen LogP contribution in [0.15, 0.2) is 45.3 Å². The standard InChI is InChI=1S/C12H17BrN2S/c1-9(2)7-11(15-14)8-16-12-5-3-10(13)4-6-12/h3-7,11,15H,8,14H2,1-2H3. The summed E-state index contributed by atoms with van der Waals surface area (Å²) in [6, 6.07) is 8.52. The van der Waals surface area contributed by atoms with Crippen molar-refractivity contribution in [1.29, 1.82) is 0 Å². The van der Waals surface area contributed by atoms with E-state index in [0.717, 1.165) is 10.2 Å². The van der Waals surface area contributed by atoms with E-state index in [0.29, 0.717) is 0 Å². The van der Waals surface area contributed by atoms with Crippen LogP contribution in [0.1, 0.15) is 13.8 Å². The first kappa shape index (κ1) is 13.8. The molecule has 2 nitrogen and oxygen atoms in total. The van der Waals surface area contributed by atoms with Gasteiger partial charge in [-0.2, -0.15) is 0 Å². The fourth-order valence-electron chi connectivity index (χ4n) is 1.26. The van der Waals surface area contributed by atoms with Gasteiger partial charge in [-0.15, -0.1) is 11.8 Å². The highest BCUT2D eigenvalue weighted by molar-refractivity contribution is 9.10. The summed E-state index contributed by atoms with van der Waals surface area (Å²) in [4.78, 5) is 1.26. The lowest BCUT2D eigenvalue weighted by atomic mass is 10.2. The van der Waals surface area contributed by atoms with Crippen LogP contribution in [0.25, 0.3) is 0 Å². The highest BCUT2D eigenvalue weighted by Gasteiger charge is 2.03. The molecule has 0 saturated carbocycles. The molecule has 0 bridgehead atoms. The van der Waals surface area contributed by atoms with Crippen LogP contribution in [-0.2, 0) is 0 Å². The van der Waals surface area contributed by atoms with Gasteiger partial charge in [0, 0.05) is 21.2 Å². The van der Waals surface area contributed by atoms with Gasteiger partial charge in [-0.1, -0.05) is 27.6 Å². The summed E-state index contributed by atoms with van der Waals surface area (Å²) in [6.07, 6.45) is 2.14. The number of nitrogens with two attached hydrogens (primary N) is 1. The van der Waals surface area contributed by atoms with E-state index in [9.17, 15) is 0 Å². The van der Waals surface area contributed by atoms with Gasteiger partial charge in [0.05, 0.1) is 0 Å². The van der Waals surface area contributed by atoms with Crippen LogP contribution >= 0.6 is 27.7 Å². The van der Waals surface area contributed by atoms with E-state index in [4.69, 9.17) is 5.84 Å². The number of rotatable bonds is 5. The molecule has 0 saturated heterocycles. The summed E-state index contributed by atoms with van der Waals surface area (Å²) in [5.74, 6) is 6.43. The second-order valence-electron chi connectivity index (χ2n) is 3.78. The lowest BCUT2D eigenvalue weighted by molar-refractivity contribution is 0.673. The Kier molecular flexibility index (Phi) is 6.13. The number of benzene rings is 1. The third-order valence-electron chi connectivity index (χ3n) is 1.99. The maximum Gasteiger partial charge on any atom is 0.0486 e. The van der Waals surface area contributed by atoms with E-state index in [1.54, 1.807) is 11.8 Å². The molecule has 1 aromatic carbocycles. The number of hydrogen-bond acceptors (Lipinski definition) is 3. The number of halogens is 1. The van der Waals surface area contributed by atoms with Crippen molar-refractivity contribution in [3.05, 3.63) is 40.4 Å². The van der Waals surface area contributed by atoms with Gasteiger partial charge in [0.15, 0.2) is 0 Å². The molecule has 0 aliphatic carbocycles. The minimum absolute atomic E-state index is 0.221. The fourth-order valence-corrected chi connectivity index (χ4v) is 2.42.